The minimum Gasteiger partial charge on any atom is -0.292 e. The van der Waals surface area contributed by atoms with Crippen LogP contribution >= 0.6 is 0 Å². The number of benzene rings is 1. The summed E-state index contributed by atoms with van der Waals surface area (Å²) in [7, 11) is 0. The van der Waals surface area contributed by atoms with Gasteiger partial charge in [0, 0.05) is 11.3 Å². The zero-order chi connectivity index (χ0) is 18.0. The van der Waals surface area contributed by atoms with E-state index in [4.69, 9.17) is 0 Å². The normalized spacial score (nSPS) is 11.8. The Labute approximate surface area is 144 Å². The third-order valence-electron chi connectivity index (χ3n) is 3.84. The van der Waals surface area contributed by atoms with Crippen molar-refractivity contribution in [2.45, 2.75) is 19.8 Å². The predicted molar refractivity (Wildman–Crippen MR) is 89.9 cm³/mol. The number of nitrogens with zero attached hydrogens (tertiary/aromatic N) is 4. The van der Waals surface area contributed by atoms with E-state index in [1.807, 2.05) is 26.0 Å². The molecule has 0 amide bonds. The molecule has 0 radical (unpaired) electrons. The number of Topliss-reactive ketones (excluding diaryl/α,β-unsaturated/α-hetero) is 1. The lowest BCUT2D eigenvalue weighted by Gasteiger charge is -2.09. The predicted octanol–water partition coefficient (Wildman–Crippen LogP) is 3.51. The molecule has 0 saturated carbocycles. The molecule has 124 valence electrons. The monoisotopic (exact) mass is 334 g/mol. The Kier molecular flexibility index (Phi) is 4.40. The summed E-state index contributed by atoms with van der Waals surface area (Å²) in [6.07, 6.45) is 0.999. The van der Waals surface area contributed by atoms with Crippen molar-refractivity contribution < 1.29 is 9.18 Å². The Morgan fingerprint density at radius 3 is 2.44 bits per heavy atom. The molecule has 2 heterocycles. The van der Waals surface area contributed by atoms with E-state index in [-0.39, 0.29) is 11.5 Å². The molecule has 0 saturated heterocycles. The number of hydrogen-bond donors (Lipinski definition) is 0. The molecule has 2 aromatic heterocycles. The van der Waals surface area contributed by atoms with Gasteiger partial charge in [-0.2, -0.15) is 10.4 Å². The van der Waals surface area contributed by atoms with E-state index in [0.29, 0.717) is 5.56 Å². The summed E-state index contributed by atoms with van der Waals surface area (Å²) < 4.78 is 14.8. The highest BCUT2D eigenvalue weighted by Gasteiger charge is 2.23. The van der Waals surface area contributed by atoms with Crippen LogP contribution in [-0.4, -0.2) is 20.5 Å². The summed E-state index contributed by atoms with van der Waals surface area (Å²) in [4.78, 5) is 16.4. The quantitative estimate of drug-likeness (QED) is 0.685. The lowest BCUT2D eigenvalue weighted by Crippen LogP contribution is -2.13. The van der Waals surface area contributed by atoms with E-state index in [1.54, 1.807) is 28.9 Å². The second kappa shape index (κ2) is 6.65. The second-order valence-corrected chi connectivity index (χ2v) is 5.71. The summed E-state index contributed by atoms with van der Waals surface area (Å²) >= 11 is 0. The average Bonchev–Trinajstić information content (AvgIpc) is 2.95. The molecule has 0 aliphatic carbocycles. The molecule has 0 aliphatic heterocycles. The van der Waals surface area contributed by atoms with E-state index < -0.39 is 11.7 Å². The number of rotatable bonds is 4. The first kappa shape index (κ1) is 16.5. The Morgan fingerprint density at radius 1 is 1.20 bits per heavy atom. The van der Waals surface area contributed by atoms with Gasteiger partial charge < -0.3 is 0 Å². The first-order valence-electron chi connectivity index (χ1n) is 7.68. The molecule has 0 bridgehead atoms. The number of hydrogen-bond acceptors (Lipinski definition) is 4. The summed E-state index contributed by atoms with van der Waals surface area (Å²) in [6.45, 7) is 3.86. The summed E-state index contributed by atoms with van der Waals surface area (Å²) in [5.74, 6) is -1.95. The second-order valence-electron chi connectivity index (χ2n) is 5.71. The number of halogens is 1. The molecule has 0 unspecified atom stereocenters. The van der Waals surface area contributed by atoms with E-state index in [2.05, 4.69) is 10.1 Å². The van der Waals surface area contributed by atoms with Crippen molar-refractivity contribution >= 4 is 5.78 Å². The average molecular weight is 334 g/mol. The molecule has 3 aromatic rings. The Balaban J connectivity index is 1.88. The largest absolute Gasteiger partial charge is 0.292 e. The minimum absolute atomic E-state index is 0.233. The summed E-state index contributed by atoms with van der Waals surface area (Å²) in [5, 5.41) is 13.7. The van der Waals surface area contributed by atoms with Gasteiger partial charge >= 0.3 is 0 Å². The fourth-order valence-corrected chi connectivity index (χ4v) is 2.64. The molecule has 0 fully saturated rings. The van der Waals surface area contributed by atoms with Gasteiger partial charge in [-0.1, -0.05) is 0 Å². The molecule has 6 heteroatoms. The topological polar surface area (TPSA) is 71.6 Å². The van der Waals surface area contributed by atoms with Gasteiger partial charge in [-0.3, -0.25) is 9.78 Å². The van der Waals surface area contributed by atoms with Crippen molar-refractivity contribution in [2.75, 3.05) is 0 Å². The Hall–Kier alpha value is -3.33. The van der Waals surface area contributed by atoms with E-state index in [0.717, 1.165) is 23.3 Å². The van der Waals surface area contributed by atoms with E-state index >= 15 is 0 Å². The van der Waals surface area contributed by atoms with Crippen LogP contribution in [0.25, 0.3) is 5.69 Å². The van der Waals surface area contributed by atoms with Crippen LogP contribution in [0.4, 0.5) is 4.39 Å². The van der Waals surface area contributed by atoms with E-state index in [9.17, 15) is 14.4 Å². The lowest BCUT2D eigenvalue weighted by atomic mass is 9.95. The highest BCUT2D eigenvalue weighted by molar-refractivity contribution is 6.02. The SMILES string of the molecule is Cc1cc(C)n(-c2ccc(C(=O)[C@H](C#N)c3ccc(F)cn3)cc2)n1. The Morgan fingerprint density at radius 2 is 1.92 bits per heavy atom. The molecule has 1 atom stereocenters. The number of aromatic nitrogens is 3. The third-order valence-corrected chi connectivity index (χ3v) is 3.84. The number of nitriles is 1. The van der Waals surface area contributed by atoms with Crippen molar-refractivity contribution in [3.05, 3.63) is 77.1 Å². The van der Waals surface area contributed by atoms with Crippen molar-refractivity contribution in [1.29, 1.82) is 5.26 Å². The molecular weight excluding hydrogens is 319 g/mol. The molecule has 0 aliphatic rings. The molecule has 25 heavy (non-hydrogen) atoms. The molecule has 5 nitrogen and oxygen atoms in total. The Bertz CT molecular complexity index is 953. The molecule has 3 rings (SSSR count). The van der Waals surface area contributed by atoms with Crippen LogP contribution in [0.1, 0.15) is 33.4 Å². The summed E-state index contributed by atoms with van der Waals surface area (Å²) in [6, 6.07) is 13.3. The number of pyridine rings is 1. The number of carbonyl (C=O) groups excluding carboxylic acids is 1. The van der Waals surface area contributed by atoms with Gasteiger partial charge in [-0.15, -0.1) is 0 Å². The third kappa shape index (κ3) is 3.31. The van der Waals surface area contributed by atoms with Gasteiger partial charge in [0.1, 0.15) is 5.82 Å². The van der Waals surface area contributed by atoms with Crippen LogP contribution in [-0.2, 0) is 0 Å². The first-order valence-corrected chi connectivity index (χ1v) is 7.68. The van der Waals surface area contributed by atoms with Gasteiger partial charge in [0.15, 0.2) is 11.7 Å². The molecular formula is C19H15FN4O. The molecule has 1 aromatic carbocycles. The highest BCUT2D eigenvalue weighted by Crippen LogP contribution is 2.20. The van der Waals surface area contributed by atoms with Crippen molar-refractivity contribution in [2.24, 2.45) is 0 Å². The minimum atomic E-state index is -1.07. The zero-order valence-electron chi connectivity index (χ0n) is 13.8. The lowest BCUT2D eigenvalue weighted by molar-refractivity contribution is 0.0977. The van der Waals surface area contributed by atoms with Crippen molar-refractivity contribution in [3.8, 4) is 11.8 Å². The van der Waals surface area contributed by atoms with Crippen LogP contribution in [0.5, 0.6) is 0 Å². The van der Waals surface area contributed by atoms with Crippen LogP contribution in [0, 0.1) is 31.0 Å². The standard InChI is InChI=1S/C19H15FN4O/c1-12-9-13(2)24(23-12)16-6-3-14(4-7-16)19(25)17(10-21)18-8-5-15(20)11-22-18/h3-9,11,17H,1-2H3/t17-/m1/s1. The van der Waals surface area contributed by atoms with Crippen LogP contribution in [0.3, 0.4) is 0 Å². The van der Waals surface area contributed by atoms with Crippen LogP contribution in [0.15, 0.2) is 48.7 Å². The van der Waals surface area contributed by atoms with Crippen LogP contribution < -0.4 is 0 Å². The van der Waals surface area contributed by atoms with Gasteiger partial charge in [0.05, 0.1) is 29.3 Å². The number of aryl methyl sites for hydroxylation is 2. The van der Waals surface area contributed by atoms with Gasteiger partial charge in [0.25, 0.3) is 0 Å². The fourth-order valence-electron chi connectivity index (χ4n) is 2.64. The maximum Gasteiger partial charge on any atom is 0.186 e. The van der Waals surface area contributed by atoms with Gasteiger partial charge in [0.2, 0.25) is 0 Å². The maximum atomic E-state index is 13.0. The summed E-state index contributed by atoms with van der Waals surface area (Å²) in [5.41, 5.74) is 3.35. The number of ketones is 1. The van der Waals surface area contributed by atoms with Gasteiger partial charge in [-0.25, -0.2) is 9.07 Å². The van der Waals surface area contributed by atoms with Crippen molar-refractivity contribution in [1.82, 2.24) is 14.8 Å². The molecule has 0 spiro atoms. The smallest absolute Gasteiger partial charge is 0.186 e. The van der Waals surface area contributed by atoms with E-state index in [1.165, 1.54) is 12.1 Å². The van der Waals surface area contributed by atoms with Crippen molar-refractivity contribution in [3.63, 3.8) is 0 Å². The zero-order valence-corrected chi connectivity index (χ0v) is 13.8. The highest BCUT2D eigenvalue weighted by atomic mass is 19.1. The van der Waals surface area contributed by atoms with Gasteiger partial charge in [-0.05, 0) is 56.3 Å². The fraction of sp³-hybridized carbons (Fsp3) is 0.158. The first-order chi connectivity index (χ1) is 12.0. The number of carbonyl (C=O) groups is 1. The maximum absolute atomic E-state index is 13.0. The van der Waals surface area contributed by atoms with Crippen LogP contribution in [0.2, 0.25) is 0 Å². The molecule has 0 N–H and O–H groups in total.